The van der Waals surface area contributed by atoms with Gasteiger partial charge in [0.25, 0.3) is 0 Å². The van der Waals surface area contributed by atoms with Gasteiger partial charge in [-0.15, -0.1) is 12.3 Å². The highest BCUT2D eigenvalue weighted by molar-refractivity contribution is 6.37. The highest BCUT2D eigenvalue weighted by Gasteiger charge is 2.38. The fraction of sp³-hybridized carbons (Fsp3) is 0.585. The molecule has 0 amide bonds. The van der Waals surface area contributed by atoms with E-state index in [2.05, 4.69) is 5.92 Å². The Balaban J connectivity index is 6.77. The highest BCUT2D eigenvalue weighted by Crippen LogP contribution is 2.33. The Morgan fingerprint density at radius 1 is 0.229 bits per heavy atom. The van der Waals surface area contributed by atoms with E-state index in [1.54, 1.807) is 0 Å². The Labute approximate surface area is 470 Å². The fourth-order valence-corrected chi connectivity index (χ4v) is 9.50. The number of hydrogen-bond acceptors (Lipinski definition) is 20. The van der Waals surface area contributed by atoms with Crippen LogP contribution in [0, 0.1) is 71.5 Å². The van der Waals surface area contributed by atoms with Crippen molar-refractivity contribution in [2.45, 2.75) is 135 Å². The van der Waals surface area contributed by atoms with Gasteiger partial charge in [-0.05, 0) is 122 Å². The largest absolute Gasteiger partial charge is 0.475 e. The summed E-state index contributed by atoms with van der Waals surface area (Å²) in [7, 11) is 0. The first-order valence-electron chi connectivity index (χ1n) is 25.7. The van der Waals surface area contributed by atoms with Crippen molar-refractivity contribution in [1.29, 1.82) is 0 Å². The van der Waals surface area contributed by atoms with E-state index in [1.165, 1.54) is 6.92 Å². The Morgan fingerprint density at radius 2 is 0.349 bits per heavy atom. The molecule has 0 fully saturated rings. The van der Waals surface area contributed by atoms with E-state index in [9.17, 15) is 142 Å². The van der Waals surface area contributed by atoms with Crippen molar-refractivity contribution in [3.8, 4) is 12.3 Å². The van der Waals surface area contributed by atoms with E-state index in [0.717, 1.165) is 0 Å². The number of carbonyl (C=O) groups excluding carboxylic acids is 10. The van der Waals surface area contributed by atoms with Gasteiger partial charge in [-0.3, -0.25) is 47.9 Å². The average Bonchev–Trinajstić information content (AvgIpc) is 3.43. The minimum absolute atomic E-state index is 0.0943. The molecule has 0 rings (SSSR count). The van der Waals surface area contributed by atoms with Crippen molar-refractivity contribution < 1.29 is 147 Å². The van der Waals surface area contributed by atoms with Crippen LogP contribution in [-0.4, -0.2) is 169 Å². The number of aliphatic carboxylic acids is 10. The summed E-state index contributed by atoms with van der Waals surface area (Å²) in [5.74, 6) is -49.1. The SMILES string of the molecule is C#CCCC(CCC(CCC(CCC(CCC(CCC(CCC(CCC(CCC(CCC(C)C(=O)C(=O)O)C(=O)C(=O)O)C(=O)C(=O)O)C(=O)C(=O)O)C(=O)C(=O)O)C(=O)C(=O)O)C(=O)C(=O)O)C(=O)C(=O)O)C(=O)C(=O)O)C(=O)C(=O)O. The summed E-state index contributed by atoms with van der Waals surface area (Å²) >= 11 is 0. The molecule has 10 unspecified atom stereocenters. The molecule has 0 aromatic carbocycles. The van der Waals surface area contributed by atoms with E-state index in [-0.39, 0.29) is 19.3 Å². The molecular formula is C53H64O30. The molecule has 10 atom stereocenters. The van der Waals surface area contributed by atoms with Gasteiger partial charge in [0.15, 0.2) is 0 Å². The maximum Gasteiger partial charge on any atom is 0.372 e. The summed E-state index contributed by atoms with van der Waals surface area (Å²) in [5.41, 5.74) is 0. The van der Waals surface area contributed by atoms with Crippen LogP contribution in [0.1, 0.15) is 135 Å². The molecule has 0 aliphatic rings. The van der Waals surface area contributed by atoms with Gasteiger partial charge in [0.05, 0.1) is 0 Å². The third-order valence-electron chi connectivity index (χ3n) is 14.4. The molecule has 30 nitrogen and oxygen atoms in total. The van der Waals surface area contributed by atoms with Crippen LogP contribution >= 0.6 is 0 Å². The first-order valence-corrected chi connectivity index (χ1v) is 25.7. The number of rotatable bonds is 49. The maximum atomic E-state index is 13.0. The number of ketones is 10. The van der Waals surface area contributed by atoms with Gasteiger partial charge in [0.2, 0.25) is 57.8 Å². The van der Waals surface area contributed by atoms with Crippen molar-refractivity contribution in [1.82, 2.24) is 0 Å². The molecular weight excluding hydrogens is 1120 g/mol. The van der Waals surface area contributed by atoms with Crippen LogP contribution in [-0.2, 0) is 95.9 Å². The van der Waals surface area contributed by atoms with Gasteiger partial charge in [-0.1, -0.05) is 6.92 Å². The smallest absolute Gasteiger partial charge is 0.372 e. The lowest BCUT2D eigenvalue weighted by atomic mass is 9.79. The third kappa shape index (κ3) is 25.5. The zero-order valence-corrected chi connectivity index (χ0v) is 44.6. The summed E-state index contributed by atoms with van der Waals surface area (Å²) in [6.45, 7) is 1.17. The molecule has 0 aromatic heterocycles. The molecule has 0 heterocycles. The zero-order valence-electron chi connectivity index (χ0n) is 44.6. The van der Waals surface area contributed by atoms with Crippen molar-refractivity contribution in [2.24, 2.45) is 59.2 Å². The average molecular weight is 1180 g/mol. The standard InChI is InChI=1S/C53H64O30/c1-3-4-5-25(35(55)45(66)67)8-9-27(37(57)47(70)71)12-13-29(39(59)49(74)75)16-17-31(41(61)51(78)79)20-21-33(43(63)53(82)83)23-22-32(42(62)52(80)81)19-18-30(40(60)50(76)77)15-14-28(38(58)48(72)73)11-10-26(36(56)46(68)69)7-6-24(2)34(54)44(64)65/h1,24-33H,4-23H2,2H3,(H,64,65)(H,66,67)(H,68,69)(H,70,71)(H,72,73)(H,74,75)(H,76,77)(H,78,79)(H,80,81)(H,82,83). The number of hydrogen-bond donors (Lipinski definition) is 10. The summed E-state index contributed by atoms with van der Waals surface area (Å²) in [6, 6.07) is 0. The van der Waals surface area contributed by atoms with Crippen LogP contribution < -0.4 is 0 Å². The molecule has 0 saturated carbocycles. The molecule has 83 heavy (non-hydrogen) atoms. The van der Waals surface area contributed by atoms with E-state index >= 15 is 0 Å². The number of carboxylic acids is 10. The number of carbonyl (C=O) groups is 20. The van der Waals surface area contributed by atoms with Crippen LogP contribution in [0.3, 0.4) is 0 Å². The minimum atomic E-state index is -2.12. The van der Waals surface area contributed by atoms with Crippen molar-refractivity contribution in [2.75, 3.05) is 0 Å². The van der Waals surface area contributed by atoms with Crippen molar-refractivity contribution >= 4 is 118 Å². The van der Waals surface area contributed by atoms with Gasteiger partial charge in [0.1, 0.15) is 0 Å². The van der Waals surface area contributed by atoms with Crippen LogP contribution in [0.5, 0.6) is 0 Å². The molecule has 0 aliphatic heterocycles. The van der Waals surface area contributed by atoms with Crippen LogP contribution in [0.25, 0.3) is 0 Å². The Hall–Kier alpha value is -9.04. The predicted molar refractivity (Wildman–Crippen MR) is 268 cm³/mol. The molecule has 0 bridgehead atoms. The fourth-order valence-electron chi connectivity index (χ4n) is 9.50. The van der Waals surface area contributed by atoms with Gasteiger partial charge < -0.3 is 51.1 Å². The Kier molecular flexibility index (Phi) is 32.4. The first-order chi connectivity index (χ1) is 38.5. The van der Waals surface area contributed by atoms with Crippen LogP contribution in [0.4, 0.5) is 0 Å². The molecule has 30 heteroatoms. The molecule has 0 saturated heterocycles. The topological polar surface area (TPSA) is 544 Å². The summed E-state index contributed by atoms with van der Waals surface area (Å²) < 4.78 is 0. The summed E-state index contributed by atoms with van der Waals surface area (Å²) in [6.07, 6.45) is -6.16. The van der Waals surface area contributed by atoms with Crippen LogP contribution in [0.2, 0.25) is 0 Å². The van der Waals surface area contributed by atoms with E-state index in [1.807, 2.05) is 0 Å². The lowest BCUT2D eigenvalue weighted by molar-refractivity contribution is -0.153. The lowest BCUT2D eigenvalue weighted by Gasteiger charge is -2.23. The molecule has 0 radical (unpaired) electrons. The molecule has 10 N–H and O–H groups in total. The van der Waals surface area contributed by atoms with E-state index < -0.39 is 286 Å². The van der Waals surface area contributed by atoms with Gasteiger partial charge in [-0.25, -0.2) is 47.9 Å². The quantitative estimate of drug-likeness (QED) is 0.0302. The second-order valence-corrected chi connectivity index (χ2v) is 19.8. The summed E-state index contributed by atoms with van der Waals surface area (Å²) in [4.78, 5) is 245. The van der Waals surface area contributed by atoms with Crippen molar-refractivity contribution in [3.63, 3.8) is 0 Å². The van der Waals surface area contributed by atoms with Gasteiger partial charge in [-0.2, -0.15) is 0 Å². The third-order valence-corrected chi connectivity index (χ3v) is 14.4. The van der Waals surface area contributed by atoms with Gasteiger partial charge >= 0.3 is 59.7 Å². The second kappa shape index (κ2) is 36.3. The second-order valence-electron chi connectivity index (χ2n) is 19.8. The molecule has 0 aromatic rings. The van der Waals surface area contributed by atoms with Crippen molar-refractivity contribution in [3.05, 3.63) is 0 Å². The van der Waals surface area contributed by atoms with Gasteiger partial charge in [0, 0.05) is 65.6 Å². The highest BCUT2D eigenvalue weighted by atomic mass is 16.4. The normalized spacial score (nSPS) is 14.6. The zero-order chi connectivity index (χ0) is 64.2. The van der Waals surface area contributed by atoms with Crippen LogP contribution in [0.15, 0.2) is 0 Å². The molecule has 0 aliphatic carbocycles. The lowest BCUT2D eigenvalue weighted by Crippen LogP contribution is -2.31. The Morgan fingerprint density at radius 3 is 0.470 bits per heavy atom. The monoisotopic (exact) mass is 1180 g/mol. The molecule has 456 valence electrons. The minimum Gasteiger partial charge on any atom is -0.475 e. The predicted octanol–water partition coefficient (Wildman–Crippen LogP) is 1.14. The molecule has 0 spiro atoms. The van der Waals surface area contributed by atoms with E-state index in [4.69, 9.17) is 11.5 Å². The number of carboxylic acid groups (broad SMARTS) is 10. The maximum absolute atomic E-state index is 13.0. The first kappa shape index (κ1) is 74.0. The van der Waals surface area contributed by atoms with E-state index in [0.29, 0.717) is 0 Å². The Bertz CT molecular complexity index is 2610. The number of terminal acetylenes is 1. The number of Topliss-reactive ketones (excluding diaryl/α,β-unsaturated/α-hetero) is 10. The summed E-state index contributed by atoms with van der Waals surface area (Å²) in [5, 5.41) is 94.7.